The summed E-state index contributed by atoms with van der Waals surface area (Å²) in [7, 11) is 0. The van der Waals surface area contributed by atoms with Crippen LogP contribution in [0.25, 0.3) is 0 Å². The van der Waals surface area contributed by atoms with Gasteiger partial charge in [0, 0.05) is 26.2 Å². The molecule has 1 saturated heterocycles. The highest BCUT2D eigenvalue weighted by Crippen LogP contribution is 2.51. The minimum Gasteiger partial charge on any atom is -0.372 e. The highest BCUT2D eigenvalue weighted by atomic mass is 16.3. The molecule has 1 aliphatic heterocycles. The second-order valence-electron chi connectivity index (χ2n) is 8.64. The fourth-order valence-corrected chi connectivity index (χ4v) is 4.63. The second-order valence-corrected chi connectivity index (χ2v) is 8.64. The van der Waals surface area contributed by atoms with Gasteiger partial charge in [-0.15, -0.1) is 0 Å². The number of benzene rings is 2. The SMILES string of the molecule is CC(C)=CCN1CC2C(CNC(=O)C(O)(c3ccccc3)c3ccccc3)C2C1. The number of carbonyl (C=O) groups excluding carboxylic acids is 1. The number of amides is 1. The minimum absolute atomic E-state index is 0.346. The largest absolute Gasteiger partial charge is 0.372 e. The van der Waals surface area contributed by atoms with Crippen molar-refractivity contribution in [1.82, 2.24) is 10.2 Å². The first kappa shape index (κ1) is 19.9. The number of nitrogens with zero attached hydrogens (tertiary/aromatic N) is 1. The molecule has 2 aromatic carbocycles. The molecule has 2 atom stereocenters. The van der Waals surface area contributed by atoms with Gasteiger partial charge in [-0.1, -0.05) is 72.3 Å². The van der Waals surface area contributed by atoms with E-state index < -0.39 is 5.60 Å². The molecule has 2 N–H and O–H groups in total. The predicted molar refractivity (Wildman–Crippen MR) is 115 cm³/mol. The van der Waals surface area contributed by atoms with E-state index in [1.165, 1.54) is 5.57 Å². The van der Waals surface area contributed by atoms with Gasteiger partial charge in [-0.25, -0.2) is 0 Å². The van der Waals surface area contributed by atoms with Gasteiger partial charge in [0.1, 0.15) is 0 Å². The summed E-state index contributed by atoms with van der Waals surface area (Å²) >= 11 is 0. The molecule has 29 heavy (non-hydrogen) atoms. The fourth-order valence-electron chi connectivity index (χ4n) is 4.63. The number of hydrogen-bond acceptors (Lipinski definition) is 3. The van der Waals surface area contributed by atoms with Crippen molar-refractivity contribution in [1.29, 1.82) is 0 Å². The molecule has 0 bridgehead atoms. The summed E-state index contributed by atoms with van der Waals surface area (Å²) in [5.41, 5.74) is 0.859. The second kappa shape index (κ2) is 8.13. The molecule has 152 valence electrons. The van der Waals surface area contributed by atoms with E-state index in [9.17, 15) is 9.90 Å². The summed E-state index contributed by atoms with van der Waals surface area (Å²) in [5, 5.41) is 14.6. The zero-order valence-corrected chi connectivity index (χ0v) is 17.2. The van der Waals surface area contributed by atoms with Crippen LogP contribution in [0.3, 0.4) is 0 Å². The van der Waals surface area contributed by atoms with E-state index in [4.69, 9.17) is 0 Å². The quantitative estimate of drug-likeness (QED) is 0.714. The summed E-state index contributed by atoms with van der Waals surface area (Å²) < 4.78 is 0. The molecule has 2 aliphatic rings. The maximum atomic E-state index is 13.2. The van der Waals surface area contributed by atoms with E-state index in [-0.39, 0.29) is 5.91 Å². The van der Waals surface area contributed by atoms with Gasteiger partial charge in [0.15, 0.2) is 5.60 Å². The normalized spacial score (nSPS) is 23.3. The Morgan fingerprint density at radius 2 is 1.55 bits per heavy atom. The van der Waals surface area contributed by atoms with Crippen LogP contribution < -0.4 is 5.32 Å². The monoisotopic (exact) mass is 390 g/mol. The van der Waals surface area contributed by atoms with Gasteiger partial charge in [0.05, 0.1) is 0 Å². The van der Waals surface area contributed by atoms with Crippen molar-refractivity contribution in [2.45, 2.75) is 19.4 Å². The maximum Gasteiger partial charge on any atom is 0.261 e. The minimum atomic E-state index is -1.68. The summed E-state index contributed by atoms with van der Waals surface area (Å²) in [6, 6.07) is 18.4. The zero-order valence-electron chi connectivity index (χ0n) is 17.2. The Labute approximate surface area is 173 Å². The van der Waals surface area contributed by atoms with Crippen LogP contribution >= 0.6 is 0 Å². The molecule has 4 heteroatoms. The van der Waals surface area contributed by atoms with Gasteiger partial charge in [-0.2, -0.15) is 0 Å². The zero-order chi connectivity index (χ0) is 20.4. The summed E-state index contributed by atoms with van der Waals surface area (Å²) in [4.78, 5) is 15.7. The van der Waals surface area contributed by atoms with Crippen LogP contribution in [0.4, 0.5) is 0 Å². The van der Waals surface area contributed by atoms with Crippen LogP contribution in [0, 0.1) is 17.8 Å². The Hall–Kier alpha value is -2.43. The molecule has 2 aromatic rings. The summed E-state index contributed by atoms with van der Waals surface area (Å²) in [6.07, 6.45) is 2.28. The first-order chi connectivity index (χ1) is 14.0. The van der Waals surface area contributed by atoms with E-state index in [0.29, 0.717) is 35.4 Å². The number of hydrogen-bond donors (Lipinski definition) is 2. The lowest BCUT2D eigenvalue weighted by atomic mass is 9.85. The van der Waals surface area contributed by atoms with Crippen molar-refractivity contribution in [2.75, 3.05) is 26.2 Å². The van der Waals surface area contributed by atoms with Crippen LogP contribution in [0.1, 0.15) is 25.0 Å². The first-order valence-electron chi connectivity index (χ1n) is 10.5. The third-order valence-corrected chi connectivity index (χ3v) is 6.41. The van der Waals surface area contributed by atoms with Gasteiger partial charge in [0.25, 0.3) is 5.91 Å². The maximum absolute atomic E-state index is 13.2. The molecule has 1 amide bonds. The Bertz CT molecular complexity index is 823. The molecule has 2 unspecified atom stereocenters. The third kappa shape index (κ3) is 4.00. The third-order valence-electron chi connectivity index (χ3n) is 6.41. The molecule has 0 radical (unpaired) electrons. The van der Waals surface area contributed by atoms with Gasteiger partial charge in [-0.3, -0.25) is 9.69 Å². The van der Waals surface area contributed by atoms with Gasteiger partial charge in [-0.05, 0) is 42.7 Å². The van der Waals surface area contributed by atoms with E-state index in [0.717, 1.165) is 19.6 Å². The van der Waals surface area contributed by atoms with E-state index in [1.807, 2.05) is 36.4 Å². The van der Waals surface area contributed by atoms with Crippen molar-refractivity contribution in [3.8, 4) is 0 Å². The predicted octanol–water partition coefficient (Wildman–Crippen LogP) is 3.18. The van der Waals surface area contributed by atoms with Crippen LogP contribution in [0.2, 0.25) is 0 Å². The average Bonchev–Trinajstić information content (AvgIpc) is 3.20. The molecule has 1 saturated carbocycles. The molecule has 4 rings (SSSR count). The molecule has 0 aromatic heterocycles. The molecule has 0 spiro atoms. The topological polar surface area (TPSA) is 52.6 Å². The number of aliphatic hydroxyl groups is 1. The molecular weight excluding hydrogens is 360 g/mol. The Morgan fingerprint density at radius 1 is 1.03 bits per heavy atom. The summed E-state index contributed by atoms with van der Waals surface area (Å²) in [5.74, 6) is 1.52. The lowest BCUT2D eigenvalue weighted by Gasteiger charge is -2.28. The number of nitrogens with one attached hydrogen (secondary N) is 1. The average molecular weight is 391 g/mol. The molecule has 1 heterocycles. The molecule has 2 fully saturated rings. The van der Waals surface area contributed by atoms with Crippen molar-refractivity contribution in [3.05, 3.63) is 83.4 Å². The Kier molecular flexibility index (Phi) is 5.57. The van der Waals surface area contributed by atoms with Crippen LogP contribution in [-0.2, 0) is 10.4 Å². The van der Waals surface area contributed by atoms with E-state index in [2.05, 4.69) is 30.1 Å². The Morgan fingerprint density at radius 3 is 2.03 bits per heavy atom. The van der Waals surface area contributed by atoms with Crippen LogP contribution in [0.5, 0.6) is 0 Å². The van der Waals surface area contributed by atoms with E-state index in [1.54, 1.807) is 24.3 Å². The van der Waals surface area contributed by atoms with Crippen LogP contribution in [-0.4, -0.2) is 42.1 Å². The number of allylic oxidation sites excluding steroid dienone is 1. The number of carbonyl (C=O) groups is 1. The highest BCUT2D eigenvalue weighted by Gasteiger charge is 2.55. The van der Waals surface area contributed by atoms with Gasteiger partial charge < -0.3 is 10.4 Å². The lowest BCUT2D eigenvalue weighted by Crippen LogP contribution is -2.46. The van der Waals surface area contributed by atoms with Crippen molar-refractivity contribution in [3.63, 3.8) is 0 Å². The summed E-state index contributed by atoms with van der Waals surface area (Å²) in [6.45, 7) is 8.14. The first-order valence-corrected chi connectivity index (χ1v) is 10.5. The van der Waals surface area contributed by atoms with Crippen LogP contribution in [0.15, 0.2) is 72.3 Å². The Balaban J connectivity index is 1.40. The van der Waals surface area contributed by atoms with E-state index >= 15 is 0 Å². The number of piperidine rings is 1. The van der Waals surface area contributed by atoms with Crippen molar-refractivity contribution >= 4 is 5.91 Å². The van der Waals surface area contributed by atoms with Crippen molar-refractivity contribution in [2.24, 2.45) is 17.8 Å². The smallest absolute Gasteiger partial charge is 0.261 e. The fraction of sp³-hybridized carbons (Fsp3) is 0.400. The van der Waals surface area contributed by atoms with Crippen molar-refractivity contribution < 1.29 is 9.90 Å². The molecule has 4 nitrogen and oxygen atoms in total. The number of rotatable bonds is 7. The van der Waals surface area contributed by atoms with Gasteiger partial charge in [0.2, 0.25) is 0 Å². The van der Waals surface area contributed by atoms with Gasteiger partial charge >= 0.3 is 0 Å². The number of likely N-dealkylation sites (tertiary alicyclic amines) is 1. The lowest BCUT2D eigenvalue weighted by molar-refractivity contribution is -0.136. The number of fused-ring (bicyclic) bond motifs is 1. The standard InChI is InChI=1S/C25H30N2O2/c1-18(2)13-14-27-16-22-21(23(22)17-27)15-26-24(28)25(29,19-9-5-3-6-10-19)20-11-7-4-8-12-20/h3-13,21-23,29H,14-17H2,1-2H3,(H,26,28). The molecule has 1 aliphatic carbocycles. The highest BCUT2D eigenvalue weighted by molar-refractivity contribution is 5.90. The molecular formula is C25H30N2O2.